The first kappa shape index (κ1) is 24.0. The Morgan fingerprint density at radius 2 is 2.18 bits per heavy atom. The van der Waals surface area contributed by atoms with Gasteiger partial charge in [0.2, 0.25) is 5.91 Å². The van der Waals surface area contributed by atoms with Crippen molar-refractivity contribution in [3.05, 3.63) is 58.4 Å². The highest BCUT2D eigenvalue weighted by molar-refractivity contribution is 7.71. The Balaban J connectivity index is 1.31. The number of amides is 1. The average Bonchev–Trinajstić information content (AvgIpc) is 3.50. The molecule has 3 aromatic rings. The Morgan fingerprint density at radius 1 is 1.29 bits per heavy atom. The first-order valence-electron chi connectivity index (χ1n) is 11.4. The summed E-state index contributed by atoms with van der Waals surface area (Å²) in [5.41, 5.74) is 3.02. The lowest BCUT2D eigenvalue weighted by atomic mass is 10.1. The molecule has 4 rings (SSSR count). The quantitative estimate of drug-likeness (QED) is 0.421. The maximum absolute atomic E-state index is 12.5. The number of H-pyrrole nitrogens is 1. The van der Waals surface area contributed by atoms with Crippen LogP contribution in [-0.2, 0) is 22.6 Å². The standard InChI is InChI=1S/C25H30N4O4S/c1-17-5-3-6-19(13-17)24-27-28-25(34)29(24)11-10-23(30)26-15-18-8-9-21(22(14-18)31-2)33-16-20-7-4-12-32-20/h3,5-6,8-9,13-14,20H,4,7,10-12,15-16H2,1-2H3,(H,26,30)(H,28,34). The molecule has 0 bridgehead atoms. The van der Waals surface area contributed by atoms with Gasteiger partial charge in [0.15, 0.2) is 22.1 Å². The smallest absolute Gasteiger partial charge is 0.222 e. The predicted molar refractivity (Wildman–Crippen MR) is 132 cm³/mol. The van der Waals surface area contributed by atoms with Crippen molar-refractivity contribution in [2.24, 2.45) is 0 Å². The first-order chi connectivity index (χ1) is 16.5. The second-order valence-electron chi connectivity index (χ2n) is 8.33. The highest BCUT2D eigenvalue weighted by atomic mass is 32.1. The van der Waals surface area contributed by atoms with E-state index in [1.54, 1.807) is 7.11 Å². The highest BCUT2D eigenvalue weighted by Crippen LogP contribution is 2.29. The van der Waals surface area contributed by atoms with Crippen LogP contribution in [-0.4, -0.2) is 47.1 Å². The Kier molecular flexibility index (Phi) is 7.97. The lowest BCUT2D eigenvalue weighted by Crippen LogP contribution is -2.24. The van der Waals surface area contributed by atoms with Crippen molar-refractivity contribution in [2.45, 2.75) is 45.4 Å². The summed E-state index contributed by atoms with van der Waals surface area (Å²) in [7, 11) is 1.61. The minimum atomic E-state index is -0.0732. The fraction of sp³-hybridized carbons (Fsp3) is 0.400. The van der Waals surface area contributed by atoms with Gasteiger partial charge in [0.05, 0.1) is 13.2 Å². The Morgan fingerprint density at radius 3 is 2.94 bits per heavy atom. The van der Waals surface area contributed by atoms with Crippen molar-refractivity contribution >= 4 is 18.1 Å². The van der Waals surface area contributed by atoms with Crippen LogP contribution in [0.5, 0.6) is 11.5 Å². The molecule has 1 fully saturated rings. The average molecular weight is 483 g/mol. The molecular formula is C25H30N4O4S. The lowest BCUT2D eigenvalue weighted by molar-refractivity contribution is -0.121. The number of rotatable bonds is 10. The highest BCUT2D eigenvalue weighted by Gasteiger charge is 2.17. The topological polar surface area (TPSA) is 90.4 Å². The summed E-state index contributed by atoms with van der Waals surface area (Å²) in [6, 6.07) is 13.7. The number of aromatic amines is 1. The van der Waals surface area contributed by atoms with Crippen LogP contribution in [0.2, 0.25) is 0 Å². The molecule has 0 saturated carbocycles. The van der Waals surface area contributed by atoms with E-state index in [1.807, 2.05) is 54.0 Å². The number of hydrogen-bond acceptors (Lipinski definition) is 6. The van der Waals surface area contributed by atoms with Crippen LogP contribution in [0.3, 0.4) is 0 Å². The summed E-state index contributed by atoms with van der Waals surface area (Å²) in [5, 5.41) is 10.1. The summed E-state index contributed by atoms with van der Waals surface area (Å²) >= 11 is 5.37. The number of nitrogens with one attached hydrogen (secondary N) is 2. The molecule has 2 aromatic carbocycles. The molecule has 1 aromatic heterocycles. The van der Waals surface area contributed by atoms with Crippen LogP contribution in [0.1, 0.15) is 30.4 Å². The molecule has 1 atom stereocenters. The normalized spacial score (nSPS) is 15.3. The molecule has 1 aliphatic rings. The number of benzene rings is 2. The van der Waals surface area contributed by atoms with Crippen LogP contribution in [0, 0.1) is 11.7 Å². The summed E-state index contributed by atoms with van der Waals surface area (Å²) in [6.07, 6.45) is 2.51. The van der Waals surface area contributed by atoms with E-state index in [0.29, 0.717) is 36.0 Å². The first-order valence-corrected chi connectivity index (χ1v) is 11.8. The van der Waals surface area contributed by atoms with Crippen molar-refractivity contribution in [3.63, 3.8) is 0 Å². The van der Waals surface area contributed by atoms with Gasteiger partial charge < -0.3 is 19.5 Å². The van der Waals surface area contributed by atoms with Crippen LogP contribution >= 0.6 is 12.2 Å². The second-order valence-corrected chi connectivity index (χ2v) is 8.72. The van der Waals surface area contributed by atoms with E-state index in [2.05, 4.69) is 15.5 Å². The zero-order valence-corrected chi connectivity index (χ0v) is 20.3. The maximum Gasteiger partial charge on any atom is 0.222 e. The van der Waals surface area contributed by atoms with Crippen LogP contribution in [0.15, 0.2) is 42.5 Å². The second kappa shape index (κ2) is 11.3. The third-order valence-corrected chi connectivity index (χ3v) is 6.08. The monoisotopic (exact) mass is 482 g/mol. The van der Waals surface area contributed by atoms with Gasteiger partial charge in [-0.05, 0) is 55.7 Å². The minimum Gasteiger partial charge on any atom is -0.493 e. The van der Waals surface area contributed by atoms with Gasteiger partial charge in [0.1, 0.15) is 6.61 Å². The fourth-order valence-corrected chi connectivity index (χ4v) is 4.16. The van der Waals surface area contributed by atoms with Crippen LogP contribution in [0.4, 0.5) is 0 Å². The number of hydrogen-bond donors (Lipinski definition) is 2. The third kappa shape index (κ3) is 6.03. The number of ether oxygens (including phenoxy) is 3. The largest absolute Gasteiger partial charge is 0.493 e. The molecule has 1 amide bonds. The SMILES string of the molecule is COc1cc(CNC(=O)CCn2c(-c3cccc(C)c3)n[nH]c2=S)ccc1OCC1CCCO1. The van der Waals surface area contributed by atoms with E-state index >= 15 is 0 Å². The summed E-state index contributed by atoms with van der Waals surface area (Å²) in [4.78, 5) is 12.5. The van der Waals surface area contributed by atoms with Gasteiger partial charge in [0, 0.05) is 31.7 Å². The molecule has 2 heterocycles. The molecule has 8 nitrogen and oxygen atoms in total. The molecule has 180 valence electrons. The minimum absolute atomic E-state index is 0.0732. The molecule has 0 spiro atoms. The van der Waals surface area contributed by atoms with Crippen molar-refractivity contribution in [2.75, 3.05) is 20.3 Å². The summed E-state index contributed by atoms with van der Waals surface area (Å²) in [5.74, 6) is 1.96. The zero-order valence-electron chi connectivity index (χ0n) is 19.5. The summed E-state index contributed by atoms with van der Waals surface area (Å²) < 4.78 is 19.3. The molecule has 0 aliphatic carbocycles. The van der Waals surface area contributed by atoms with Gasteiger partial charge in [-0.15, -0.1) is 0 Å². The maximum atomic E-state index is 12.5. The van der Waals surface area contributed by atoms with E-state index < -0.39 is 0 Å². The van der Waals surface area contributed by atoms with E-state index in [1.165, 1.54) is 0 Å². The fourth-order valence-electron chi connectivity index (χ4n) is 3.93. The van der Waals surface area contributed by atoms with Gasteiger partial charge in [0.25, 0.3) is 0 Å². The summed E-state index contributed by atoms with van der Waals surface area (Å²) in [6.45, 7) is 4.16. The Labute approximate surface area is 204 Å². The molecule has 2 N–H and O–H groups in total. The zero-order chi connectivity index (χ0) is 23.9. The molecule has 1 saturated heterocycles. The third-order valence-electron chi connectivity index (χ3n) is 5.76. The molecule has 34 heavy (non-hydrogen) atoms. The molecule has 1 aliphatic heterocycles. The van der Waals surface area contributed by atoms with Gasteiger partial charge in [-0.2, -0.15) is 5.10 Å². The van der Waals surface area contributed by atoms with Gasteiger partial charge in [-0.1, -0.05) is 29.8 Å². The molecule has 0 radical (unpaired) electrons. The van der Waals surface area contributed by atoms with E-state index in [9.17, 15) is 4.79 Å². The molecule has 9 heteroatoms. The van der Waals surface area contributed by atoms with E-state index in [0.717, 1.165) is 42.0 Å². The van der Waals surface area contributed by atoms with Crippen molar-refractivity contribution < 1.29 is 19.0 Å². The number of aromatic nitrogens is 3. The lowest BCUT2D eigenvalue weighted by Gasteiger charge is -2.15. The van der Waals surface area contributed by atoms with Gasteiger partial charge in [-0.25, -0.2) is 0 Å². The number of nitrogens with zero attached hydrogens (tertiary/aromatic N) is 2. The van der Waals surface area contributed by atoms with Gasteiger partial charge in [-0.3, -0.25) is 14.5 Å². The van der Waals surface area contributed by atoms with E-state index in [-0.39, 0.29) is 18.4 Å². The number of carbonyl (C=O) groups is 1. The Hall–Kier alpha value is -3.17. The van der Waals surface area contributed by atoms with E-state index in [4.69, 9.17) is 26.4 Å². The number of carbonyl (C=O) groups excluding carboxylic acids is 1. The molecule has 1 unspecified atom stereocenters. The Bertz CT molecular complexity index is 1180. The van der Waals surface area contributed by atoms with Crippen LogP contribution < -0.4 is 14.8 Å². The van der Waals surface area contributed by atoms with Crippen molar-refractivity contribution in [1.29, 1.82) is 0 Å². The van der Waals surface area contributed by atoms with Crippen LogP contribution in [0.25, 0.3) is 11.4 Å². The molecular weight excluding hydrogens is 452 g/mol. The number of methoxy groups -OCH3 is 1. The van der Waals surface area contributed by atoms with Crippen molar-refractivity contribution in [1.82, 2.24) is 20.1 Å². The van der Waals surface area contributed by atoms with Gasteiger partial charge >= 0.3 is 0 Å². The number of aryl methyl sites for hydroxylation is 1. The van der Waals surface area contributed by atoms with Crippen molar-refractivity contribution in [3.8, 4) is 22.9 Å². The predicted octanol–water partition coefficient (Wildman–Crippen LogP) is 4.19.